The van der Waals surface area contributed by atoms with E-state index in [4.69, 9.17) is 0 Å². The van der Waals surface area contributed by atoms with Crippen molar-refractivity contribution in [2.45, 2.75) is 45.1 Å². The van der Waals surface area contributed by atoms with Crippen molar-refractivity contribution in [2.24, 2.45) is 5.92 Å². The van der Waals surface area contributed by atoms with Gasteiger partial charge in [-0.05, 0) is 63.7 Å². The van der Waals surface area contributed by atoms with Gasteiger partial charge in [0.15, 0.2) is 0 Å². The molecule has 2 saturated heterocycles. The molecule has 2 fully saturated rings. The van der Waals surface area contributed by atoms with Crippen LogP contribution in [0.4, 0.5) is 0 Å². The Kier molecular flexibility index (Phi) is 5.97. The van der Waals surface area contributed by atoms with Gasteiger partial charge in [0, 0.05) is 25.2 Å². The highest BCUT2D eigenvalue weighted by Gasteiger charge is 2.48. The van der Waals surface area contributed by atoms with Crippen LogP contribution in [-0.4, -0.2) is 59.9 Å². The van der Waals surface area contributed by atoms with E-state index in [1.54, 1.807) is 4.90 Å². The smallest absolute Gasteiger partial charge is 0.254 e. The Morgan fingerprint density at radius 2 is 1.85 bits per heavy atom. The van der Waals surface area contributed by atoms with Gasteiger partial charge in [-0.25, -0.2) is 0 Å². The zero-order chi connectivity index (χ0) is 18.6. The van der Waals surface area contributed by atoms with E-state index in [1.807, 2.05) is 42.2 Å². The number of piperidine rings is 1. The molecule has 2 aliphatic rings. The molecule has 26 heavy (non-hydrogen) atoms. The second-order valence-electron chi connectivity index (χ2n) is 7.74. The average molecular weight is 357 g/mol. The minimum absolute atomic E-state index is 0.0269. The van der Waals surface area contributed by atoms with Crippen LogP contribution in [-0.2, 0) is 4.79 Å². The van der Waals surface area contributed by atoms with Crippen molar-refractivity contribution in [3.8, 4) is 0 Å². The first-order valence-corrected chi connectivity index (χ1v) is 9.93. The Balaban J connectivity index is 1.67. The summed E-state index contributed by atoms with van der Waals surface area (Å²) in [6, 6.07) is 9.31. The first-order chi connectivity index (χ1) is 12.6. The number of hydrogen-bond donors (Lipinski definition) is 1. The Morgan fingerprint density at radius 3 is 2.50 bits per heavy atom. The Morgan fingerprint density at radius 1 is 1.15 bits per heavy atom. The zero-order valence-corrected chi connectivity index (χ0v) is 16.0. The summed E-state index contributed by atoms with van der Waals surface area (Å²) < 4.78 is 0. The molecule has 2 heterocycles. The summed E-state index contributed by atoms with van der Waals surface area (Å²) in [7, 11) is 0. The number of rotatable bonds is 5. The predicted octanol–water partition coefficient (Wildman–Crippen LogP) is 2.53. The van der Waals surface area contributed by atoms with Crippen LogP contribution in [0.15, 0.2) is 30.3 Å². The maximum absolute atomic E-state index is 13.3. The van der Waals surface area contributed by atoms with Gasteiger partial charge in [-0.3, -0.25) is 9.59 Å². The van der Waals surface area contributed by atoms with Crippen LogP contribution >= 0.6 is 0 Å². The third-order valence-corrected chi connectivity index (χ3v) is 5.95. The molecule has 0 aliphatic carbocycles. The molecular formula is C21H31N3O2. The number of likely N-dealkylation sites (tertiary alicyclic amines) is 2. The maximum Gasteiger partial charge on any atom is 0.254 e. The van der Waals surface area contributed by atoms with Crippen molar-refractivity contribution in [3.05, 3.63) is 35.9 Å². The number of amides is 2. The predicted molar refractivity (Wildman–Crippen MR) is 103 cm³/mol. The van der Waals surface area contributed by atoms with Gasteiger partial charge in [-0.15, -0.1) is 0 Å². The van der Waals surface area contributed by atoms with Crippen LogP contribution in [0.5, 0.6) is 0 Å². The molecule has 3 rings (SSSR count). The van der Waals surface area contributed by atoms with Gasteiger partial charge in [-0.2, -0.15) is 0 Å². The van der Waals surface area contributed by atoms with E-state index in [0.29, 0.717) is 18.0 Å². The van der Waals surface area contributed by atoms with Crippen LogP contribution in [0.1, 0.15) is 49.9 Å². The van der Waals surface area contributed by atoms with Gasteiger partial charge in [0.25, 0.3) is 5.91 Å². The fraction of sp³-hybridized carbons (Fsp3) is 0.619. The highest BCUT2D eigenvalue weighted by Crippen LogP contribution is 2.33. The monoisotopic (exact) mass is 357 g/mol. The van der Waals surface area contributed by atoms with E-state index in [-0.39, 0.29) is 11.8 Å². The summed E-state index contributed by atoms with van der Waals surface area (Å²) in [5.41, 5.74) is -0.0423. The fourth-order valence-corrected chi connectivity index (χ4v) is 4.28. The summed E-state index contributed by atoms with van der Waals surface area (Å²) in [5, 5.41) is 3.41. The normalized spacial score (nSPS) is 24.1. The van der Waals surface area contributed by atoms with Crippen molar-refractivity contribution in [1.29, 1.82) is 0 Å². The van der Waals surface area contributed by atoms with Crippen LogP contribution in [0.25, 0.3) is 0 Å². The molecule has 1 aromatic rings. The molecule has 0 radical (unpaired) electrons. The molecule has 0 spiro atoms. The molecule has 1 aromatic carbocycles. The number of carbonyl (C=O) groups is 2. The highest BCUT2D eigenvalue weighted by molar-refractivity contribution is 5.99. The third-order valence-electron chi connectivity index (χ3n) is 5.95. The molecule has 1 N–H and O–H groups in total. The van der Waals surface area contributed by atoms with E-state index in [0.717, 1.165) is 51.9 Å². The van der Waals surface area contributed by atoms with Gasteiger partial charge in [0.05, 0.1) is 0 Å². The van der Waals surface area contributed by atoms with Gasteiger partial charge in [0.1, 0.15) is 5.54 Å². The highest BCUT2D eigenvalue weighted by atomic mass is 16.2. The number of hydrogen-bond acceptors (Lipinski definition) is 3. The van der Waals surface area contributed by atoms with E-state index >= 15 is 0 Å². The SMILES string of the molecule is CCNCC1CCN(C(=O)C2(C)CCCN2C(=O)c2ccccc2)CC1. The van der Waals surface area contributed by atoms with Gasteiger partial charge < -0.3 is 15.1 Å². The van der Waals surface area contributed by atoms with Gasteiger partial charge >= 0.3 is 0 Å². The zero-order valence-electron chi connectivity index (χ0n) is 16.0. The van der Waals surface area contributed by atoms with Gasteiger partial charge in [0.2, 0.25) is 5.91 Å². The molecule has 1 unspecified atom stereocenters. The van der Waals surface area contributed by atoms with Crippen molar-refractivity contribution < 1.29 is 9.59 Å². The number of benzene rings is 1. The Bertz CT molecular complexity index is 625. The quantitative estimate of drug-likeness (QED) is 0.881. The van der Waals surface area contributed by atoms with Crippen molar-refractivity contribution in [3.63, 3.8) is 0 Å². The first-order valence-electron chi connectivity index (χ1n) is 9.93. The molecule has 0 saturated carbocycles. The lowest BCUT2D eigenvalue weighted by Crippen LogP contribution is -2.58. The second-order valence-corrected chi connectivity index (χ2v) is 7.74. The van der Waals surface area contributed by atoms with Crippen LogP contribution < -0.4 is 5.32 Å². The summed E-state index contributed by atoms with van der Waals surface area (Å²) >= 11 is 0. The number of nitrogens with one attached hydrogen (secondary N) is 1. The van der Waals surface area contributed by atoms with Crippen molar-refractivity contribution >= 4 is 11.8 Å². The summed E-state index contributed by atoms with van der Waals surface area (Å²) in [5.74, 6) is 0.750. The van der Waals surface area contributed by atoms with Crippen molar-refractivity contribution in [1.82, 2.24) is 15.1 Å². The molecule has 2 aliphatic heterocycles. The lowest BCUT2D eigenvalue weighted by Gasteiger charge is -2.41. The van der Waals surface area contributed by atoms with Crippen molar-refractivity contribution in [2.75, 3.05) is 32.7 Å². The molecule has 5 heteroatoms. The summed E-state index contributed by atoms with van der Waals surface area (Å²) in [6.07, 6.45) is 3.72. The van der Waals surface area contributed by atoms with Crippen LogP contribution in [0.2, 0.25) is 0 Å². The Hall–Kier alpha value is -1.88. The largest absolute Gasteiger partial charge is 0.341 e. The standard InChI is InChI=1S/C21H31N3O2/c1-3-22-16-17-10-14-23(15-11-17)20(26)21(2)12-7-13-24(21)19(25)18-8-5-4-6-9-18/h4-6,8-9,17,22H,3,7,10-16H2,1-2H3. The maximum atomic E-state index is 13.3. The minimum Gasteiger partial charge on any atom is -0.341 e. The summed E-state index contributed by atoms with van der Waals surface area (Å²) in [6.45, 7) is 8.37. The first kappa shape index (κ1) is 18.9. The van der Waals surface area contributed by atoms with Crippen LogP contribution in [0, 0.1) is 5.92 Å². The lowest BCUT2D eigenvalue weighted by atomic mass is 9.92. The van der Waals surface area contributed by atoms with Crippen LogP contribution in [0.3, 0.4) is 0 Å². The molecule has 0 bridgehead atoms. The second kappa shape index (κ2) is 8.21. The molecular weight excluding hydrogens is 326 g/mol. The molecule has 2 amide bonds. The van der Waals surface area contributed by atoms with E-state index in [2.05, 4.69) is 12.2 Å². The molecule has 142 valence electrons. The van der Waals surface area contributed by atoms with Gasteiger partial charge in [-0.1, -0.05) is 25.1 Å². The fourth-order valence-electron chi connectivity index (χ4n) is 4.28. The van der Waals surface area contributed by atoms with E-state index in [9.17, 15) is 9.59 Å². The molecule has 5 nitrogen and oxygen atoms in total. The van der Waals surface area contributed by atoms with E-state index in [1.165, 1.54) is 0 Å². The van der Waals surface area contributed by atoms with E-state index < -0.39 is 5.54 Å². The average Bonchev–Trinajstić information content (AvgIpc) is 3.09. The molecule has 0 aromatic heterocycles. The summed E-state index contributed by atoms with van der Waals surface area (Å²) in [4.78, 5) is 30.1. The lowest BCUT2D eigenvalue weighted by molar-refractivity contribution is -0.142. The third kappa shape index (κ3) is 3.78. The number of nitrogens with zero attached hydrogens (tertiary/aromatic N) is 2. The molecule has 1 atom stereocenters. The number of carbonyl (C=O) groups excluding carboxylic acids is 2. The minimum atomic E-state index is -0.707. The topological polar surface area (TPSA) is 52.7 Å². The Labute approximate surface area is 156 Å².